The SMILES string of the molecule is CCC(CC)(CC(=O)NCCc1ncno1)C(=O)O. The molecule has 7 nitrogen and oxygen atoms in total. The molecule has 0 unspecified atom stereocenters. The van der Waals surface area contributed by atoms with Crippen LogP contribution in [-0.2, 0) is 16.0 Å². The topological polar surface area (TPSA) is 105 Å². The second kappa shape index (κ2) is 6.86. The minimum atomic E-state index is -0.978. The average Bonchev–Trinajstić information content (AvgIpc) is 2.89. The molecule has 0 aromatic carbocycles. The molecule has 1 rings (SSSR count). The van der Waals surface area contributed by atoms with E-state index in [1.165, 1.54) is 6.33 Å². The van der Waals surface area contributed by atoms with Crippen LogP contribution in [-0.4, -0.2) is 33.7 Å². The fourth-order valence-corrected chi connectivity index (χ4v) is 1.86. The predicted molar refractivity (Wildman–Crippen MR) is 66.3 cm³/mol. The molecule has 1 aromatic heterocycles. The number of rotatable bonds is 8. The van der Waals surface area contributed by atoms with Crippen LogP contribution >= 0.6 is 0 Å². The number of hydrogen-bond donors (Lipinski definition) is 2. The predicted octanol–water partition coefficient (Wildman–Crippen LogP) is 1.01. The van der Waals surface area contributed by atoms with Gasteiger partial charge >= 0.3 is 5.97 Å². The largest absolute Gasteiger partial charge is 0.481 e. The highest BCUT2D eigenvalue weighted by molar-refractivity contribution is 5.84. The maximum atomic E-state index is 11.8. The van der Waals surface area contributed by atoms with Crippen molar-refractivity contribution in [1.82, 2.24) is 15.5 Å². The summed E-state index contributed by atoms with van der Waals surface area (Å²) < 4.78 is 4.79. The molecular weight excluding hydrogens is 250 g/mol. The van der Waals surface area contributed by atoms with E-state index < -0.39 is 11.4 Å². The Morgan fingerprint density at radius 2 is 2.11 bits per heavy atom. The highest BCUT2D eigenvalue weighted by atomic mass is 16.5. The lowest BCUT2D eigenvalue weighted by Crippen LogP contribution is -2.37. The second-order valence-electron chi connectivity index (χ2n) is 4.40. The summed E-state index contributed by atoms with van der Waals surface area (Å²) >= 11 is 0. The van der Waals surface area contributed by atoms with Crippen molar-refractivity contribution >= 4 is 11.9 Å². The van der Waals surface area contributed by atoms with Crippen molar-refractivity contribution in [3.05, 3.63) is 12.2 Å². The number of amides is 1. The first-order valence-electron chi connectivity index (χ1n) is 6.29. The molecule has 7 heteroatoms. The van der Waals surface area contributed by atoms with Gasteiger partial charge in [-0.05, 0) is 12.8 Å². The fourth-order valence-electron chi connectivity index (χ4n) is 1.86. The molecule has 0 aliphatic heterocycles. The third kappa shape index (κ3) is 4.04. The molecule has 0 atom stereocenters. The quantitative estimate of drug-likeness (QED) is 0.729. The van der Waals surface area contributed by atoms with Crippen LogP contribution in [0.5, 0.6) is 0 Å². The Labute approximate surface area is 111 Å². The van der Waals surface area contributed by atoms with E-state index in [1.807, 2.05) is 0 Å². The van der Waals surface area contributed by atoms with Crippen molar-refractivity contribution < 1.29 is 19.2 Å². The maximum Gasteiger partial charge on any atom is 0.310 e. The van der Waals surface area contributed by atoms with Crippen molar-refractivity contribution in [1.29, 1.82) is 0 Å². The van der Waals surface area contributed by atoms with E-state index in [4.69, 9.17) is 4.52 Å². The maximum absolute atomic E-state index is 11.8. The van der Waals surface area contributed by atoms with Gasteiger partial charge in [0.1, 0.15) is 0 Å². The van der Waals surface area contributed by atoms with Gasteiger partial charge in [0.15, 0.2) is 6.33 Å². The molecule has 1 heterocycles. The normalized spacial score (nSPS) is 11.3. The number of nitrogens with zero attached hydrogens (tertiary/aromatic N) is 2. The van der Waals surface area contributed by atoms with Crippen molar-refractivity contribution in [2.24, 2.45) is 5.41 Å². The summed E-state index contributed by atoms with van der Waals surface area (Å²) in [5, 5.41) is 15.4. The molecule has 0 spiro atoms. The summed E-state index contributed by atoms with van der Waals surface area (Å²) in [6, 6.07) is 0. The Morgan fingerprint density at radius 3 is 2.58 bits per heavy atom. The molecule has 0 radical (unpaired) electrons. The summed E-state index contributed by atoms with van der Waals surface area (Å²) in [6.07, 6.45) is 2.57. The summed E-state index contributed by atoms with van der Waals surface area (Å²) in [5.74, 6) is -0.758. The molecule has 0 bridgehead atoms. The van der Waals surface area contributed by atoms with Gasteiger partial charge in [-0.2, -0.15) is 4.98 Å². The molecule has 19 heavy (non-hydrogen) atoms. The first-order chi connectivity index (χ1) is 9.04. The van der Waals surface area contributed by atoms with Crippen LogP contribution in [0.1, 0.15) is 39.0 Å². The Hall–Kier alpha value is -1.92. The summed E-state index contributed by atoms with van der Waals surface area (Å²) in [4.78, 5) is 26.9. The number of carbonyl (C=O) groups excluding carboxylic acids is 1. The first-order valence-corrected chi connectivity index (χ1v) is 6.29. The van der Waals surface area contributed by atoms with Gasteiger partial charge in [0, 0.05) is 19.4 Å². The van der Waals surface area contributed by atoms with Crippen LogP contribution in [0.3, 0.4) is 0 Å². The Kier molecular flexibility index (Phi) is 5.47. The standard InChI is InChI=1S/C12H19N3O4/c1-3-12(4-2,11(17)18)7-9(16)13-6-5-10-14-8-15-19-10/h8H,3-7H2,1-2H3,(H,13,16)(H,17,18). The van der Waals surface area contributed by atoms with Gasteiger partial charge in [0.2, 0.25) is 11.8 Å². The number of aromatic nitrogens is 2. The van der Waals surface area contributed by atoms with Crippen molar-refractivity contribution in [3.8, 4) is 0 Å². The van der Waals surface area contributed by atoms with Crippen LogP contribution in [0, 0.1) is 5.41 Å². The third-order valence-corrected chi connectivity index (χ3v) is 3.37. The summed E-state index contributed by atoms with van der Waals surface area (Å²) in [7, 11) is 0. The lowest BCUT2D eigenvalue weighted by atomic mass is 9.79. The number of carboxylic acid groups (broad SMARTS) is 1. The monoisotopic (exact) mass is 269 g/mol. The number of hydrogen-bond acceptors (Lipinski definition) is 5. The van der Waals surface area contributed by atoms with Crippen LogP contribution < -0.4 is 5.32 Å². The van der Waals surface area contributed by atoms with E-state index in [0.29, 0.717) is 31.7 Å². The van der Waals surface area contributed by atoms with Crippen molar-refractivity contribution in [3.63, 3.8) is 0 Å². The van der Waals surface area contributed by atoms with E-state index in [0.717, 1.165) is 0 Å². The van der Waals surface area contributed by atoms with E-state index in [2.05, 4.69) is 15.5 Å². The van der Waals surface area contributed by atoms with Gasteiger partial charge in [-0.15, -0.1) is 0 Å². The third-order valence-electron chi connectivity index (χ3n) is 3.37. The zero-order valence-electron chi connectivity index (χ0n) is 11.2. The Bertz CT molecular complexity index is 413. The number of nitrogens with one attached hydrogen (secondary N) is 1. The second-order valence-corrected chi connectivity index (χ2v) is 4.40. The smallest absolute Gasteiger partial charge is 0.310 e. The molecule has 0 aliphatic rings. The molecule has 0 saturated heterocycles. The molecular formula is C12H19N3O4. The lowest BCUT2D eigenvalue weighted by molar-refractivity contribution is -0.152. The molecule has 0 saturated carbocycles. The molecule has 0 fully saturated rings. The highest BCUT2D eigenvalue weighted by Gasteiger charge is 2.36. The van der Waals surface area contributed by atoms with Gasteiger partial charge in [-0.3, -0.25) is 9.59 Å². The van der Waals surface area contributed by atoms with Crippen LogP contribution in [0.25, 0.3) is 0 Å². The van der Waals surface area contributed by atoms with Gasteiger partial charge < -0.3 is 14.9 Å². The minimum absolute atomic E-state index is 0.0147. The summed E-state index contributed by atoms with van der Waals surface area (Å²) in [6.45, 7) is 3.91. The number of carboxylic acids is 1. The van der Waals surface area contributed by atoms with Gasteiger partial charge in [-0.1, -0.05) is 19.0 Å². The summed E-state index contributed by atoms with van der Waals surface area (Å²) in [5.41, 5.74) is -0.978. The molecule has 0 aliphatic carbocycles. The van der Waals surface area contributed by atoms with Gasteiger partial charge in [0.25, 0.3) is 0 Å². The van der Waals surface area contributed by atoms with E-state index in [1.54, 1.807) is 13.8 Å². The molecule has 106 valence electrons. The number of aliphatic carboxylic acids is 1. The fraction of sp³-hybridized carbons (Fsp3) is 0.667. The van der Waals surface area contributed by atoms with Crippen LogP contribution in [0.15, 0.2) is 10.9 Å². The Morgan fingerprint density at radius 1 is 1.42 bits per heavy atom. The molecule has 1 aromatic rings. The average molecular weight is 269 g/mol. The number of carbonyl (C=O) groups is 2. The Balaban J connectivity index is 2.43. The van der Waals surface area contributed by atoms with Gasteiger partial charge in [-0.25, -0.2) is 0 Å². The van der Waals surface area contributed by atoms with E-state index in [9.17, 15) is 14.7 Å². The van der Waals surface area contributed by atoms with Crippen LogP contribution in [0.4, 0.5) is 0 Å². The van der Waals surface area contributed by atoms with E-state index >= 15 is 0 Å². The molecule has 1 amide bonds. The lowest BCUT2D eigenvalue weighted by Gasteiger charge is -2.25. The first kappa shape index (κ1) is 15.1. The van der Waals surface area contributed by atoms with Gasteiger partial charge in [0.05, 0.1) is 5.41 Å². The zero-order valence-corrected chi connectivity index (χ0v) is 11.2. The minimum Gasteiger partial charge on any atom is -0.481 e. The molecule has 2 N–H and O–H groups in total. The van der Waals surface area contributed by atoms with Crippen molar-refractivity contribution in [2.75, 3.05) is 6.54 Å². The van der Waals surface area contributed by atoms with E-state index in [-0.39, 0.29) is 12.3 Å². The van der Waals surface area contributed by atoms with Crippen molar-refractivity contribution in [2.45, 2.75) is 39.5 Å². The highest BCUT2D eigenvalue weighted by Crippen LogP contribution is 2.30. The zero-order chi connectivity index (χ0) is 14.3. The van der Waals surface area contributed by atoms with Crippen LogP contribution in [0.2, 0.25) is 0 Å².